The zero-order chi connectivity index (χ0) is 14.6. The smallest absolute Gasteiger partial charge is 0.237 e. The van der Waals surface area contributed by atoms with Crippen molar-refractivity contribution in [2.75, 3.05) is 6.54 Å². The molecule has 108 valence electrons. The molecule has 1 aromatic heterocycles. The Morgan fingerprint density at radius 1 is 1.53 bits per heavy atom. The normalized spacial score (nSPS) is 14.4. The predicted molar refractivity (Wildman–Crippen MR) is 79.9 cm³/mol. The van der Waals surface area contributed by atoms with Gasteiger partial charge in [-0.05, 0) is 56.1 Å². The zero-order valence-corrected chi connectivity index (χ0v) is 13.7. The Morgan fingerprint density at radius 3 is 2.58 bits per heavy atom. The zero-order valence-electron chi connectivity index (χ0n) is 12.1. The minimum absolute atomic E-state index is 0.302. The molecule has 19 heavy (non-hydrogen) atoms. The van der Waals surface area contributed by atoms with Gasteiger partial charge < -0.3 is 11.1 Å². The first-order chi connectivity index (χ1) is 8.81. The Morgan fingerprint density at radius 2 is 2.16 bits per heavy atom. The van der Waals surface area contributed by atoms with Crippen LogP contribution in [0.3, 0.4) is 0 Å². The van der Waals surface area contributed by atoms with Crippen LogP contribution in [0.15, 0.2) is 4.47 Å². The van der Waals surface area contributed by atoms with E-state index >= 15 is 0 Å². The number of primary amides is 1. The van der Waals surface area contributed by atoms with Gasteiger partial charge in [-0.15, -0.1) is 0 Å². The van der Waals surface area contributed by atoms with E-state index in [0.29, 0.717) is 6.42 Å². The van der Waals surface area contributed by atoms with E-state index in [4.69, 9.17) is 5.73 Å². The second kappa shape index (κ2) is 6.52. The van der Waals surface area contributed by atoms with Gasteiger partial charge >= 0.3 is 0 Å². The molecular formula is C13H23BrN4O. The molecule has 1 atom stereocenters. The van der Waals surface area contributed by atoms with Gasteiger partial charge in [0, 0.05) is 12.2 Å². The van der Waals surface area contributed by atoms with Gasteiger partial charge in [0.2, 0.25) is 5.91 Å². The SMILES string of the molecule is CCNC(C)(CCCn1nc(C)c(Br)c1C)C(N)=O. The quantitative estimate of drug-likeness (QED) is 0.801. The summed E-state index contributed by atoms with van der Waals surface area (Å²) in [5.41, 5.74) is 6.93. The van der Waals surface area contributed by atoms with E-state index in [1.54, 1.807) is 0 Å². The Kier molecular flexibility index (Phi) is 5.55. The van der Waals surface area contributed by atoms with Crippen LogP contribution in [0.4, 0.5) is 0 Å². The van der Waals surface area contributed by atoms with Crippen LogP contribution >= 0.6 is 15.9 Å². The van der Waals surface area contributed by atoms with Gasteiger partial charge in [-0.2, -0.15) is 5.10 Å². The largest absolute Gasteiger partial charge is 0.368 e. The molecule has 0 saturated heterocycles. The van der Waals surface area contributed by atoms with Crippen LogP contribution in [0.2, 0.25) is 0 Å². The summed E-state index contributed by atoms with van der Waals surface area (Å²) in [7, 11) is 0. The van der Waals surface area contributed by atoms with E-state index in [-0.39, 0.29) is 5.91 Å². The van der Waals surface area contributed by atoms with Crippen molar-refractivity contribution in [2.45, 2.75) is 52.6 Å². The maximum atomic E-state index is 11.5. The van der Waals surface area contributed by atoms with Gasteiger partial charge in [0.1, 0.15) is 0 Å². The summed E-state index contributed by atoms with van der Waals surface area (Å²) in [6.45, 7) is 9.34. The summed E-state index contributed by atoms with van der Waals surface area (Å²) >= 11 is 3.51. The number of rotatable bonds is 7. The molecular weight excluding hydrogens is 308 g/mol. The van der Waals surface area contributed by atoms with Gasteiger partial charge in [-0.3, -0.25) is 9.48 Å². The molecule has 0 fully saturated rings. The molecule has 0 spiro atoms. The summed E-state index contributed by atoms with van der Waals surface area (Å²) in [5, 5.41) is 7.62. The number of nitrogens with one attached hydrogen (secondary N) is 1. The van der Waals surface area contributed by atoms with Crippen molar-refractivity contribution in [1.82, 2.24) is 15.1 Å². The van der Waals surface area contributed by atoms with Gasteiger partial charge in [0.05, 0.1) is 15.7 Å². The number of hydrogen-bond acceptors (Lipinski definition) is 3. The minimum Gasteiger partial charge on any atom is -0.368 e. The highest BCUT2D eigenvalue weighted by Gasteiger charge is 2.29. The molecule has 1 amide bonds. The molecule has 0 aliphatic carbocycles. The molecule has 0 radical (unpaired) electrons. The summed E-state index contributed by atoms with van der Waals surface area (Å²) in [6, 6.07) is 0. The lowest BCUT2D eigenvalue weighted by Gasteiger charge is -2.27. The number of carbonyl (C=O) groups excluding carboxylic acids is 1. The van der Waals surface area contributed by atoms with Crippen molar-refractivity contribution in [2.24, 2.45) is 5.73 Å². The monoisotopic (exact) mass is 330 g/mol. The Bertz CT molecular complexity index is 458. The van der Waals surface area contributed by atoms with E-state index in [9.17, 15) is 4.79 Å². The highest BCUT2D eigenvalue weighted by Crippen LogP contribution is 2.21. The standard InChI is InChI=1S/C13H23BrN4O/c1-5-16-13(4,12(15)19)7-6-8-18-10(3)11(14)9(2)17-18/h16H,5-8H2,1-4H3,(H2,15,19). The third kappa shape index (κ3) is 3.79. The maximum Gasteiger partial charge on any atom is 0.237 e. The van der Waals surface area contributed by atoms with Crippen LogP contribution in [0.5, 0.6) is 0 Å². The molecule has 0 aliphatic rings. The molecule has 5 nitrogen and oxygen atoms in total. The first kappa shape index (κ1) is 16.2. The summed E-state index contributed by atoms with van der Waals surface area (Å²) in [6.07, 6.45) is 1.55. The van der Waals surface area contributed by atoms with Crippen LogP contribution in [0, 0.1) is 13.8 Å². The minimum atomic E-state index is -0.637. The molecule has 1 aromatic rings. The van der Waals surface area contributed by atoms with Crippen molar-refractivity contribution < 1.29 is 4.79 Å². The molecule has 3 N–H and O–H groups in total. The van der Waals surface area contributed by atoms with Gasteiger partial charge in [-0.25, -0.2) is 0 Å². The van der Waals surface area contributed by atoms with Crippen molar-refractivity contribution in [1.29, 1.82) is 0 Å². The van der Waals surface area contributed by atoms with Crippen molar-refractivity contribution >= 4 is 21.8 Å². The number of likely N-dealkylation sites (N-methyl/N-ethyl adjacent to an activating group) is 1. The fourth-order valence-corrected chi connectivity index (χ4v) is 2.45. The first-order valence-corrected chi connectivity index (χ1v) is 7.35. The van der Waals surface area contributed by atoms with E-state index < -0.39 is 5.54 Å². The summed E-state index contributed by atoms with van der Waals surface area (Å²) in [4.78, 5) is 11.5. The number of aromatic nitrogens is 2. The lowest BCUT2D eigenvalue weighted by molar-refractivity contribution is -0.124. The maximum absolute atomic E-state index is 11.5. The molecule has 1 rings (SSSR count). The molecule has 1 unspecified atom stereocenters. The van der Waals surface area contributed by atoms with E-state index in [1.807, 2.05) is 32.4 Å². The molecule has 1 heterocycles. The van der Waals surface area contributed by atoms with Gasteiger partial charge in [0.25, 0.3) is 0 Å². The third-order valence-corrected chi connectivity index (χ3v) is 4.60. The number of nitrogens with two attached hydrogens (primary N) is 1. The average molecular weight is 331 g/mol. The number of amides is 1. The lowest BCUT2D eigenvalue weighted by atomic mass is 9.95. The Hall–Kier alpha value is -0.880. The van der Waals surface area contributed by atoms with Crippen LogP contribution in [-0.2, 0) is 11.3 Å². The lowest BCUT2D eigenvalue weighted by Crippen LogP contribution is -2.53. The highest BCUT2D eigenvalue weighted by atomic mass is 79.9. The molecule has 0 aromatic carbocycles. The third-order valence-electron chi connectivity index (χ3n) is 3.45. The number of hydrogen-bond donors (Lipinski definition) is 2. The summed E-state index contributed by atoms with van der Waals surface area (Å²) < 4.78 is 3.02. The summed E-state index contributed by atoms with van der Waals surface area (Å²) in [5.74, 6) is -0.302. The average Bonchev–Trinajstić information content (AvgIpc) is 2.57. The fraction of sp³-hybridized carbons (Fsp3) is 0.692. The van der Waals surface area contributed by atoms with E-state index in [2.05, 4.69) is 26.3 Å². The van der Waals surface area contributed by atoms with Gasteiger partial charge in [0.15, 0.2) is 0 Å². The Balaban J connectivity index is 2.62. The van der Waals surface area contributed by atoms with Gasteiger partial charge in [-0.1, -0.05) is 6.92 Å². The second-order valence-corrected chi connectivity index (χ2v) is 5.83. The first-order valence-electron chi connectivity index (χ1n) is 6.56. The predicted octanol–water partition coefficient (Wildman–Crippen LogP) is 1.90. The van der Waals surface area contributed by atoms with Crippen LogP contribution < -0.4 is 11.1 Å². The molecule has 0 saturated carbocycles. The number of halogens is 1. The molecule has 0 bridgehead atoms. The van der Waals surface area contributed by atoms with Crippen LogP contribution in [-0.4, -0.2) is 27.8 Å². The fourth-order valence-electron chi connectivity index (χ4n) is 2.16. The number of nitrogens with zero attached hydrogens (tertiary/aromatic N) is 2. The molecule has 0 aliphatic heterocycles. The van der Waals surface area contributed by atoms with Crippen LogP contribution in [0.25, 0.3) is 0 Å². The van der Waals surface area contributed by atoms with Crippen molar-refractivity contribution in [3.63, 3.8) is 0 Å². The highest BCUT2D eigenvalue weighted by molar-refractivity contribution is 9.10. The van der Waals surface area contributed by atoms with Crippen molar-refractivity contribution in [3.8, 4) is 0 Å². The van der Waals surface area contributed by atoms with Crippen molar-refractivity contribution in [3.05, 3.63) is 15.9 Å². The number of carbonyl (C=O) groups is 1. The van der Waals surface area contributed by atoms with Crippen LogP contribution in [0.1, 0.15) is 38.1 Å². The number of aryl methyl sites for hydroxylation is 2. The van der Waals surface area contributed by atoms with E-state index in [1.165, 1.54) is 0 Å². The Labute approximate surface area is 123 Å². The molecule has 6 heteroatoms. The van der Waals surface area contributed by atoms with E-state index in [0.717, 1.165) is 35.4 Å². The topological polar surface area (TPSA) is 72.9 Å². The second-order valence-electron chi connectivity index (χ2n) is 5.04.